The van der Waals surface area contributed by atoms with E-state index < -0.39 is 22.6 Å². The topological polar surface area (TPSA) is 119 Å². The minimum atomic E-state index is -0.657. The first-order valence-electron chi connectivity index (χ1n) is 9.12. The zero-order valence-corrected chi connectivity index (χ0v) is 16.2. The van der Waals surface area contributed by atoms with Gasteiger partial charge in [0.25, 0.3) is 23.4 Å². The molecule has 0 aliphatic carbocycles. The fraction of sp³-hybridized carbons (Fsp3) is 0.0455. The average molecular weight is 417 g/mol. The highest BCUT2D eigenvalue weighted by Crippen LogP contribution is 2.31. The molecule has 1 aliphatic heterocycles. The highest BCUT2D eigenvalue weighted by Gasteiger charge is 2.37. The van der Waals surface area contributed by atoms with Crippen LogP contribution in [0.15, 0.2) is 66.7 Å². The van der Waals surface area contributed by atoms with Crippen molar-refractivity contribution in [3.05, 3.63) is 93.5 Å². The zero-order chi connectivity index (χ0) is 22.1. The number of imide groups is 1. The van der Waals surface area contributed by atoms with Crippen molar-refractivity contribution in [1.82, 2.24) is 0 Å². The van der Waals surface area contributed by atoms with E-state index in [0.717, 1.165) is 11.0 Å². The van der Waals surface area contributed by atoms with Crippen LogP contribution in [0.1, 0.15) is 31.1 Å². The molecule has 0 spiro atoms. The van der Waals surface area contributed by atoms with Crippen LogP contribution in [0, 0.1) is 10.1 Å². The normalized spacial score (nSPS) is 12.5. The lowest BCUT2D eigenvalue weighted by molar-refractivity contribution is -0.384. The number of nitrogens with one attached hydrogen (secondary N) is 1. The van der Waals surface area contributed by atoms with E-state index in [4.69, 9.17) is 4.74 Å². The van der Waals surface area contributed by atoms with Gasteiger partial charge in [0.2, 0.25) is 0 Å². The summed E-state index contributed by atoms with van der Waals surface area (Å²) in [6, 6.07) is 16.4. The number of nitrogens with zero attached hydrogens (tertiary/aromatic N) is 2. The SMILES string of the molecule is COc1ccccc1NC(=O)c1ccc(N2C(=O)c3ccc([N+](=O)[O-])cc3C2=O)cc1. The Morgan fingerprint density at radius 1 is 0.968 bits per heavy atom. The maximum absolute atomic E-state index is 12.7. The van der Waals surface area contributed by atoms with Gasteiger partial charge in [-0.2, -0.15) is 0 Å². The molecule has 0 saturated heterocycles. The van der Waals surface area contributed by atoms with Crippen molar-refractivity contribution in [2.24, 2.45) is 0 Å². The summed E-state index contributed by atoms with van der Waals surface area (Å²) in [6.07, 6.45) is 0. The summed E-state index contributed by atoms with van der Waals surface area (Å²) >= 11 is 0. The number of methoxy groups -OCH3 is 1. The highest BCUT2D eigenvalue weighted by atomic mass is 16.6. The number of benzene rings is 3. The molecule has 1 heterocycles. The van der Waals surface area contributed by atoms with Crippen molar-refractivity contribution in [2.45, 2.75) is 0 Å². The zero-order valence-electron chi connectivity index (χ0n) is 16.2. The standard InChI is InChI=1S/C22H15N3O6/c1-31-19-5-3-2-4-18(19)23-20(26)13-6-8-14(9-7-13)24-21(27)16-11-10-15(25(29)30)12-17(16)22(24)28/h2-12H,1H3,(H,23,26). The molecule has 0 saturated carbocycles. The summed E-state index contributed by atoms with van der Waals surface area (Å²) in [6.45, 7) is 0. The Bertz CT molecular complexity index is 1240. The number of fused-ring (bicyclic) bond motifs is 1. The monoisotopic (exact) mass is 417 g/mol. The van der Waals surface area contributed by atoms with Gasteiger partial charge in [0.15, 0.2) is 0 Å². The third kappa shape index (κ3) is 3.48. The number of carbonyl (C=O) groups is 3. The fourth-order valence-corrected chi connectivity index (χ4v) is 3.28. The van der Waals surface area contributed by atoms with Crippen molar-refractivity contribution in [2.75, 3.05) is 17.3 Å². The lowest BCUT2D eigenvalue weighted by Crippen LogP contribution is -2.29. The second-order valence-corrected chi connectivity index (χ2v) is 6.63. The predicted octanol–water partition coefficient (Wildman–Crippen LogP) is 3.66. The van der Waals surface area contributed by atoms with E-state index in [9.17, 15) is 24.5 Å². The van der Waals surface area contributed by atoms with Gasteiger partial charge in [-0.15, -0.1) is 0 Å². The van der Waals surface area contributed by atoms with Crippen molar-refractivity contribution in [3.8, 4) is 5.75 Å². The molecule has 1 N–H and O–H groups in total. The molecule has 0 radical (unpaired) electrons. The van der Waals surface area contributed by atoms with Gasteiger partial charge >= 0.3 is 0 Å². The van der Waals surface area contributed by atoms with Gasteiger partial charge in [-0.25, -0.2) is 4.90 Å². The predicted molar refractivity (Wildman–Crippen MR) is 112 cm³/mol. The van der Waals surface area contributed by atoms with Crippen LogP contribution in [0.2, 0.25) is 0 Å². The number of anilines is 2. The first-order chi connectivity index (χ1) is 14.9. The van der Waals surface area contributed by atoms with Gasteiger partial charge < -0.3 is 10.1 Å². The Hall–Kier alpha value is -4.53. The third-order valence-corrected chi connectivity index (χ3v) is 4.82. The van der Waals surface area contributed by atoms with Crippen LogP contribution in [0.5, 0.6) is 5.75 Å². The summed E-state index contributed by atoms with van der Waals surface area (Å²) in [7, 11) is 1.50. The molecule has 9 heteroatoms. The summed E-state index contributed by atoms with van der Waals surface area (Å²) in [4.78, 5) is 49.2. The number of hydrogen-bond acceptors (Lipinski definition) is 6. The van der Waals surface area contributed by atoms with Crippen LogP contribution in [-0.4, -0.2) is 29.8 Å². The molecule has 3 aromatic rings. The molecule has 3 aromatic carbocycles. The average Bonchev–Trinajstić information content (AvgIpc) is 3.03. The molecule has 0 atom stereocenters. The minimum Gasteiger partial charge on any atom is -0.495 e. The van der Waals surface area contributed by atoms with E-state index in [1.165, 1.54) is 43.5 Å². The molecule has 31 heavy (non-hydrogen) atoms. The Morgan fingerprint density at radius 3 is 2.32 bits per heavy atom. The first kappa shape index (κ1) is 19.8. The molecule has 1 aliphatic rings. The van der Waals surface area contributed by atoms with Gasteiger partial charge in [0, 0.05) is 17.7 Å². The number of nitro benzene ring substituents is 1. The molecule has 0 fully saturated rings. The summed E-state index contributed by atoms with van der Waals surface area (Å²) in [5.41, 5.74) is 0.849. The van der Waals surface area contributed by atoms with Gasteiger partial charge in [0.1, 0.15) is 5.75 Å². The fourth-order valence-electron chi connectivity index (χ4n) is 3.28. The van der Waals surface area contributed by atoms with E-state index in [1.54, 1.807) is 24.3 Å². The molecule has 9 nitrogen and oxygen atoms in total. The Kier molecular flexibility index (Phi) is 4.92. The maximum Gasteiger partial charge on any atom is 0.270 e. The number of amides is 3. The lowest BCUT2D eigenvalue weighted by Gasteiger charge is -2.14. The van der Waals surface area contributed by atoms with E-state index in [-0.39, 0.29) is 22.5 Å². The minimum absolute atomic E-state index is 0.0304. The van der Waals surface area contributed by atoms with Gasteiger partial charge in [0.05, 0.1) is 34.5 Å². The molecule has 154 valence electrons. The number of para-hydroxylation sites is 2. The van der Waals surface area contributed by atoms with Gasteiger partial charge in [-0.1, -0.05) is 12.1 Å². The van der Waals surface area contributed by atoms with Gasteiger partial charge in [-0.05, 0) is 42.5 Å². The molecular weight excluding hydrogens is 402 g/mol. The van der Waals surface area contributed by atoms with Crippen LogP contribution in [0.25, 0.3) is 0 Å². The highest BCUT2D eigenvalue weighted by molar-refractivity contribution is 6.34. The van der Waals surface area contributed by atoms with Crippen LogP contribution in [-0.2, 0) is 0 Å². The van der Waals surface area contributed by atoms with E-state index >= 15 is 0 Å². The molecule has 3 amide bonds. The van der Waals surface area contributed by atoms with Crippen molar-refractivity contribution < 1.29 is 24.0 Å². The number of hydrogen-bond donors (Lipinski definition) is 1. The summed E-state index contributed by atoms with van der Waals surface area (Å²) < 4.78 is 5.21. The van der Waals surface area contributed by atoms with Gasteiger partial charge in [-0.3, -0.25) is 24.5 Å². The Balaban J connectivity index is 1.57. The van der Waals surface area contributed by atoms with Crippen LogP contribution in [0.4, 0.5) is 17.1 Å². The number of nitro groups is 1. The Morgan fingerprint density at radius 2 is 1.65 bits per heavy atom. The Labute approximate surface area is 176 Å². The number of rotatable bonds is 5. The number of non-ortho nitro benzene ring substituents is 1. The lowest BCUT2D eigenvalue weighted by atomic mass is 10.1. The van der Waals surface area contributed by atoms with E-state index in [0.29, 0.717) is 17.0 Å². The summed E-state index contributed by atoms with van der Waals surface area (Å²) in [5, 5.41) is 13.7. The van der Waals surface area contributed by atoms with Crippen LogP contribution >= 0.6 is 0 Å². The third-order valence-electron chi connectivity index (χ3n) is 4.82. The first-order valence-corrected chi connectivity index (χ1v) is 9.12. The maximum atomic E-state index is 12.7. The molecule has 0 unspecified atom stereocenters. The molecule has 0 bridgehead atoms. The quantitative estimate of drug-likeness (QED) is 0.384. The summed E-state index contributed by atoms with van der Waals surface area (Å²) in [5.74, 6) is -1.13. The van der Waals surface area contributed by atoms with Crippen molar-refractivity contribution in [3.63, 3.8) is 0 Å². The molecule has 4 rings (SSSR count). The molecule has 0 aromatic heterocycles. The van der Waals surface area contributed by atoms with Crippen LogP contribution < -0.4 is 15.0 Å². The molecular formula is C22H15N3O6. The van der Waals surface area contributed by atoms with E-state index in [1.807, 2.05) is 0 Å². The number of ether oxygens (including phenoxy) is 1. The second kappa shape index (κ2) is 7.71. The second-order valence-electron chi connectivity index (χ2n) is 6.63. The van der Waals surface area contributed by atoms with Crippen LogP contribution in [0.3, 0.4) is 0 Å². The van der Waals surface area contributed by atoms with E-state index in [2.05, 4.69) is 5.32 Å². The van der Waals surface area contributed by atoms with Crippen molar-refractivity contribution >= 4 is 34.8 Å². The number of carbonyl (C=O) groups excluding carboxylic acids is 3. The smallest absolute Gasteiger partial charge is 0.270 e. The largest absolute Gasteiger partial charge is 0.495 e. The van der Waals surface area contributed by atoms with Crippen molar-refractivity contribution in [1.29, 1.82) is 0 Å².